The maximum atomic E-state index is 12.9. The molecular weight excluding hydrogens is 293 g/mol. The van der Waals surface area contributed by atoms with E-state index < -0.39 is 5.97 Å². The van der Waals surface area contributed by atoms with Crippen LogP contribution in [0.4, 0.5) is 4.39 Å². The Balaban J connectivity index is 2.03. The van der Waals surface area contributed by atoms with Crippen LogP contribution in [0, 0.1) is 5.82 Å². The molecule has 2 aromatic carbocycles. The Labute approximate surface area is 133 Å². The molecule has 0 saturated heterocycles. The fourth-order valence-electron chi connectivity index (χ4n) is 2.33. The minimum absolute atomic E-state index is 0.192. The summed E-state index contributed by atoms with van der Waals surface area (Å²) in [4.78, 5) is 17.1. The first-order valence-electron chi connectivity index (χ1n) is 7.42. The van der Waals surface area contributed by atoms with Crippen LogP contribution in [0.25, 0.3) is 10.9 Å². The number of para-hydroxylation sites is 1. The highest BCUT2D eigenvalue weighted by atomic mass is 19.1. The first-order valence-corrected chi connectivity index (χ1v) is 7.42. The summed E-state index contributed by atoms with van der Waals surface area (Å²) < 4.78 is 18.3. The number of rotatable bonds is 3. The first kappa shape index (κ1) is 15.2. The highest BCUT2D eigenvalue weighted by Crippen LogP contribution is 2.24. The van der Waals surface area contributed by atoms with E-state index >= 15 is 0 Å². The topological polar surface area (TPSA) is 39.2 Å². The van der Waals surface area contributed by atoms with Crippen molar-refractivity contribution in [3.05, 3.63) is 71.7 Å². The van der Waals surface area contributed by atoms with Crippen LogP contribution in [-0.4, -0.2) is 11.0 Å². The molecule has 116 valence electrons. The molecule has 1 aromatic heterocycles. The van der Waals surface area contributed by atoms with Gasteiger partial charge in [0.1, 0.15) is 11.6 Å². The Morgan fingerprint density at radius 2 is 1.78 bits per heavy atom. The van der Waals surface area contributed by atoms with E-state index in [4.69, 9.17) is 4.74 Å². The van der Waals surface area contributed by atoms with Crippen LogP contribution in [-0.2, 0) is 0 Å². The second-order valence-electron chi connectivity index (χ2n) is 5.61. The molecule has 3 nitrogen and oxygen atoms in total. The summed E-state index contributed by atoms with van der Waals surface area (Å²) in [5.41, 5.74) is 2.04. The summed E-state index contributed by atoms with van der Waals surface area (Å²) in [6.45, 7) is 4.04. The highest BCUT2D eigenvalue weighted by molar-refractivity contribution is 6.04. The predicted molar refractivity (Wildman–Crippen MR) is 87.2 cm³/mol. The first-order chi connectivity index (χ1) is 11.0. The number of pyridine rings is 1. The molecule has 0 unspecified atom stereocenters. The lowest BCUT2D eigenvalue weighted by atomic mass is 10.0. The van der Waals surface area contributed by atoms with Crippen LogP contribution in [0.2, 0.25) is 0 Å². The van der Waals surface area contributed by atoms with E-state index in [9.17, 15) is 9.18 Å². The van der Waals surface area contributed by atoms with Crippen LogP contribution < -0.4 is 4.74 Å². The van der Waals surface area contributed by atoms with E-state index in [1.54, 1.807) is 6.07 Å². The van der Waals surface area contributed by atoms with Gasteiger partial charge in [-0.2, -0.15) is 0 Å². The van der Waals surface area contributed by atoms with E-state index in [0.29, 0.717) is 11.3 Å². The third-order valence-corrected chi connectivity index (χ3v) is 3.57. The third kappa shape index (κ3) is 3.21. The molecule has 0 aliphatic carbocycles. The molecule has 0 atom stereocenters. The Bertz CT molecular complexity index is 857. The highest BCUT2D eigenvalue weighted by Gasteiger charge is 2.16. The van der Waals surface area contributed by atoms with Gasteiger partial charge in [0.05, 0.1) is 11.1 Å². The number of benzene rings is 2. The maximum absolute atomic E-state index is 12.9. The minimum atomic E-state index is -0.475. The van der Waals surface area contributed by atoms with Gasteiger partial charge in [-0.3, -0.25) is 4.98 Å². The molecular formula is C19H16FNO2. The number of hydrogen-bond acceptors (Lipinski definition) is 3. The van der Waals surface area contributed by atoms with Crippen LogP contribution in [0.15, 0.2) is 54.6 Å². The third-order valence-electron chi connectivity index (χ3n) is 3.57. The van der Waals surface area contributed by atoms with Gasteiger partial charge in [0.2, 0.25) is 0 Å². The van der Waals surface area contributed by atoms with Crippen molar-refractivity contribution >= 4 is 16.9 Å². The maximum Gasteiger partial charge on any atom is 0.344 e. The lowest BCUT2D eigenvalue weighted by molar-refractivity contribution is 0.0736. The molecule has 0 amide bonds. The minimum Gasteiger partial charge on any atom is -0.423 e. The van der Waals surface area contributed by atoms with E-state index in [2.05, 4.69) is 4.98 Å². The zero-order valence-electron chi connectivity index (χ0n) is 12.9. The van der Waals surface area contributed by atoms with Gasteiger partial charge in [0.15, 0.2) is 0 Å². The van der Waals surface area contributed by atoms with E-state index in [0.717, 1.165) is 16.6 Å². The number of aromatic nitrogens is 1. The van der Waals surface area contributed by atoms with Crippen molar-refractivity contribution < 1.29 is 13.9 Å². The molecule has 0 spiro atoms. The smallest absolute Gasteiger partial charge is 0.344 e. The summed E-state index contributed by atoms with van der Waals surface area (Å²) in [6, 6.07) is 14.6. The number of carbonyl (C=O) groups is 1. The zero-order chi connectivity index (χ0) is 16.4. The second kappa shape index (κ2) is 6.16. The van der Waals surface area contributed by atoms with Gasteiger partial charge >= 0.3 is 5.97 Å². The molecule has 0 aliphatic rings. The number of fused-ring (bicyclic) bond motifs is 1. The average Bonchev–Trinajstić information content (AvgIpc) is 2.55. The molecule has 0 aliphatic heterocycles. The molecule has 1 heterocycles. The number of ether oxygens (including phenoxy) is 1. The van der Waals surface area contributed by atoms with E-state index in [1.807, 2.05) is 38.1 Å². The lowest BCUT2D eigenvalue weighted by Crippen LogP contribution is -2.11. The molecule has 0 fully saturated rings. The molecule has 4 heteroatoms. The molecule has 0 N–H and O–H groups in total. The molecule has 0 radical (unpaired) electrons. The molecule has 3 rings (SSSR count). The average molecular weight is 309 g/mol. The summed E-state index contributed by atoms with van der Waals surface area (Å²) >= 11 is 0. The Morgan fingerprint density at radius 3 is 2.48 bits per heavy atom. The summed E-state index contributed by atoms with van der Waals surface area (Å²) in [5.74, 6) is -0.348. The number of carbonyl (C=O) groups excluding carboxylic acids is 1. The Hall–Kier alpha value is -2.75. The number of halogens is 1. The number of esters is 1. The Morgan fingerprint density at radius 1 is 1.09 bits per heavy atom. The second-order valence-corrected chi connectivity index (χ2v) is 5.61. The van der Waals surface area contributed by atoms with Gasteiger partial charge in [-0.1, -0.05) is 32.0 Å². The predicted octanol–water partition coefficient (Wildman–Crippen LogP) is 4.72. The SMILES string of the molecule is CC(C)c1cc(C(=O)Oc2ccc(F)cc2)c2ccccc2n1. The number of hydrogen-bond donors (Lipinski definition) is 0. The van der Waals surface area contributed by atoms with Gasteiger partial charge in [-0.05, 0) is 42.3 Å². The van der Waals surface area contributed by atoms with Crippen molar-refractivity contribution in [3.63, 3.8) is 0 Å². The van der Waals surface area contributed by atoms with Crippen molar-refractivity contribution in [1.29, 1.82) is 0 Å². The van der Waals surface area contributed by atoms with Gasteiger partial charge in [0, 0.05) is 11.1 Å². The fourth-order valence-corrected chi connectivity index (χ4v) is 2.33. The van der Waals surface area contributed by atoms with Gasteiger partial charge < -0.3 is 4.74 Å². The van der Waals surface area contributed by atoms with Crippen LogP contribution in [0.5, 0.6) is 5.75 Å². The van der Waals surface area contributed by atoms with Crippen LogP contribution in [0.1, 0.15) is 35.8 Å². The van der Waals surface area contributed by atoms with Gasteiger partial charge in [0.25, 0.3) is 0 Å². The molecule has 0 bridgehead atoms. The van der Waals surface area contributed by atoms with Gasteiger partial charge in [-0.15, -0.1) is 0 Å². The Kier molecular flexibility index (Phi) is 4.06. The van der Waals surface area contributed by atoms with Crippen LogP contribution in [0.3, 0.4) is 0 Å². The lowest BCUT2D eigenvalue weighted by Gasteiger charge is -2.11. The van der Waals surface area contributed by atoms with Crippen molar-refractivity contribution in [2.75, 3.05) is 0 Å². The van der Waals surface area contributed by atoms with E-state index in [1.165, 1.54) is 24.3 Å². The fraction of sp³-hybridized carbons (Fsp3) is 0.158. The summed E-state index contributed by atoms with van der Waals surface area (Å²) in [6.07, 6.45) is 0. The monoisotopic (exact) mass is 309 g/mol. The van der Waals surface area contributed by atoms with Crippen LogP contribution >= 0.6 is 0 Å². The van der Waals surface area contributed by atoms with Gasteiger partial charge in [-0.25, -0.2) is 9.18 Å². The summed E-state index contributed by atoms with van der Waals surface area (Å²) in [7, 11) is 0. The normalized spacial score (nSPS) is 11.0. The van der Waals surface area contributed by atoms with Crippen molar-refractivity contribution in [3.8, 4) is 5.75 Å². The molecule has 0 saturated carbocycles. The quantitative estimate of drug-likeness (QED) is 0.519. The van der Waals surface area contributed by atoms with Crippen molar-refractivity contribution in [1.82, 2.24) is 4.98 Å². The van der Waals surface area contributed by atoms with Crippen molar-refractivity contribution in [2.24, 2.45) is 0 Å². The standard InChI is InChI=1S/C19H16FNO2/c1-12(2)18-11-16(15-5-3-4-6-17(15)21-18)19(22)23-14-9-7-13(20)8-10-14/h3-12H,1-2H3. The zero-order valence-corrected chi connectivity index (χ0v) is 12.9. The molecule has 3 aromatic rings. The van der Waals surface area contributed by atoms with E-state index in [-0.39, 0.29) is 11.7 Å². The van der Waals surface area contributed by atoms with Crippen molar-refractivity contribution in [2.45, 2.75) is 19.8 Å². The number of nitrogens with zero attached hydrogens (tertiary/aromatic N) is 1. The summed E-state index contributed by atoms with van der Waals surface area (Å²) in [5, 5.41) is 0.740. The largest absolute Gasteiger partial charge is 0.423 e. The molecule has 23 heavy (non-hydrogen) atoms.